The number of esters is 1. The Morgan fingerprint density at radius 1 is 1.63 bits per heavy atom. The summed E-state index contributed by atoms with van der Waals surface area (Å²) in [5, 5.41) is 0. The van der Waals surface area contributed by atoms with Gasteiger partial charge in [-0.25, -0.2) is 0 Å². The summed E-state index contributed by atoms with van der Waals surface area (Å²) >= 11 is 2.19. The molecule has 0 radical (unpaired) electrons. The van der Waals surface area contributed by atoms with Crippen LogP contribution in [0.1, 0.15) is 40.0 Å². The molecule has 2 saturated carbocycles. The second kappa shape index (κ2) is 4.12. The van der Waals surface area contributed by atoms with Crippen molar-refractivity contribution < 1.29 is 14.3 Å². The second-order valence-electron chi connectivity index (χ2n) is 6.35. The Bertz CT molecular complexity index is 445. The summed E-state index contributed by atoms with van der Waals surface area (Å²) in [6.07, 6.45) is 2.92. The molecule has 0 bridgehead atoms. The molecular formula is C15H21IO3. The van der Waals surface area contributed by atoms with Gasteiger partial charge in [-0.3, -0.25) is 4.79 Å². The van der Waals surface area contributed by atoms with Gasteiger partial charge in [-0.2, -0.15) is 0 Å². The van der Waals surface area contributed by atoms with Crippen molar-refractivity contribution >= 4 is 28.6 Å². The summed E-state index contributed by atoms with van der Waals surface area (Å²) in [4.78, 5) is 12.3. The Balaban J connectivity index is 1.76. The molecule has 106 valence electrons. The fourth-order valence-electron chi connectivity index (χ4n) is 4.03. The van der Waals surface area contributed by atoms with E-state index in [-0.39, 0.29) is 23.6 Å². The number of carbonyl (C=O) groups excluding carboxylic acids is 1. The van der Waals surface area contributed by atoms with Crippen LogP contribution in [0.3, 0.4) is 0 Å². The van der Waals surface area contributed by atoms with Crippen molar-refractivity contribution in [2.75, 3.05) is 0 Å². The van der Waals surface area contributed by atoms with Crippen LogP contribution in [0.4, 0.5) is 0 Å². The van der Waals surface area contributed by atoms with Crippen molar-refractivity contribution in [1.82, 2.24) is 0 Å². The Morgan fingerprint density at radius 3 is 2.89 bits per heavy atom. The highest BCUT2D eigenvalue weighted by Gasteiger charge is 2.77. The lowest BCUT2D eigenvalue weighted by atomic mass is 9.40. The van der Waals surface area contributed by atoms with Gasteiger partial charge >= 0.3 is 5.97 Å². The standard InChI is InChI=1S/C15H21IO3/c1-5-14(4,16)13(17)19-12-11-10-9(8(3)18-11)7-15(10,12)6-2/h9-12H,3,5-7H2,1-2,4H3/t9?,10?,11?,12?,14?,15-/m0/s1. The van der Waals surface area contributed by atoms with Crippen molar-refractivity contribution in [3.63, 3.8) is 0 Å². The highest BCUT2D eigenvalue weighted by atomic mass is 127. The number of alkyl halides is 1. The molecule has 3 aliphatic rings. The van der Waals surface area contributed by atoms with Crippen LogP contribution in [0.25, 0.3) is 0 Å². The average molecular weight is 376 g/mol. The minimum atomic E-state index is -0.434. The molecule has 0 aromatic heterocycles. The quantitative estimate of drug-likeness (QED) is 0.428. The van der Waals surface area contributed by atoms with Crippen molar-refractivity contribution in [3.8, 4) is 0 Å². The molecule has 4 heteroatoms. The van der Waals surface area contributed by atoms with Crippen LogP contribution in [0.15, 0.2) is 12.3 Å². The van der Waals surface area contributed by atoms with Gasteiger partial charge in [0.25, 0.3) is 0 Å². The van der Waals surface area contributed by atoms with Crippen LogP contribution >= 0.6 is 22.6 Å². The maximum atomic E-state index is 12.3. The summed E-state index contributed by atoms with van der Waals surface area (Å²) in [6.45, 7) is 10.1. The molecule has 5 unspecified atom stereocenters. The molecule has 6 atom stereocenters. The summed E-state index contributed by atoms with van der Waals surface area (Å²) in [5.41, 5.74) is 0.172. The molecule has 1 aliphatic heterocycles. The van der Waals surface area contributed by atoms with E-state index in [9.17, 15) is 4.79 Å². The first kappa shape index (κ1) is 13.7. The van der Waals surface area contributed by atoms with Crippen molar-refractivity contribution in [2.24, 2.45) is 17.3 Å². The molecule has 0 aromatic carbocycles. The van der Waals surface area contributed by atoms with Gasteiger partial charge in [0.05, 0.1) is 5.76 Å². The first-order chi connectivity index (χ1) is 8.87. The summed E-state index contributed by atoms with van der Waals surface area (Å²) in [5.74, 6) is 1.86. The van der Waals surface area contributed by atoms with Crippen LogP contribution in [0, 0.1) is 17.3 Å². The third-order valence-corrected chi connectivity index (χ3v) is 6.80. The maximum absolute atomic E-state index is 12.3. The Hall–Kier alpha value is -0.260. The number of hydrogen-bond donors (Lipinski definition) is 0. The zero-order valence-corrected chi connectivity index (χ0v) is 13.9. The third kappa shape index (κ3) is 1.58. The topological polar surface area (TPSA) is 35.5 Å². The largest absolute Gasteiger partial charge is 0.491 e. The zero-order valence-electron chi connectivity index (χ0n) is 11.7. The molecule has 1 heterocycles. The molecule has 3 nitrogen and oxygen atoms in total. The first-order valence-corrected chi connectivity index (χ1v) is 8.20. The zero-order chi connectivity index (χ0) is 14.0. The van der Waals surface area contributed by atoms with E-state index in [0.29, 0.717) is 11.8 Å². The Morgan fingerprint density at radius 2 is 2.32 bits per heavy atom. The SMILES string of the molecule is C=C1OC2C(OC(=O)C(C)(I)CC)[C@@]3(CC)CC1C23. The van der Waals surface area contributed by atoms with Gasteiger partial charge < -0.3 is 9.47 Å². The first-order valence-electron chi connectivity index (χ1n) is 7.13. The van der Waals surface area contributed by atoms with Crippen LogP contribution in [0.2, 0.25) is 0 Å². The van der Waals surface area contributed by atoms with E-state index in [2.05, 4.69) is 36.1 Å². The fourth-order valence-corrected chi connectivity index (χ4v) is 4.16. The van der Waals surface area contributed by atoms with E-state index in [1.54, 1.807) is 0 Å². The highest BCUT2D eigenvalue weighted by molar-refractivity contribution is 14.1. The van der Waals surface area contributed by atoms with E-state index < -0.39 is 3.42 Å². The molecule has 3 rings (SSSR count). The van der Waals surface area contributed by atoms with E-state index in [1.165, 1.54) is 0 Å². The van der Waals surface area contributed by atoms with Crippen LogP contribution in [0.5, 0.6) is 0 Å². The molecule has 0 amide bonds. The number of carbonyl (C=O) groups is 1. The fraction of sp³-hybridized carbons (Fsp3) is 0.800. The van der Waals surface area contributed by atoms with Crippen LogP contribution < -0.4 is 0 Å². The smallest absolute Gasteiger partial charge is 0.322 e. The number of ether oxygens (including phenoxy) is 2. The van der Waals surface area contributed by atoms with Crippen molar-refractivity contribution in [1.29, 1.82) is 0 Å². The second-order valence-corrected chi connectivity index (χ2v) is 8.73. The van der Waals surface area contributed by atoms with Gasteiger partial charge in [-0.05, 0) is 26.2 Å². The third-order valence-electron chi connectivity index (χ3n) is 5.60. The number of hydrogen-bond acceptors (Lipinski definition) is 3. The molecule has 0 aromatic rings. The minimum absolute atomic E-state index is 0.0638. The number of halogens is 1. The van der Waals surface area contributed by atoms with Crippen molar-refractivity contribution in [2.45, 2.75) is 55.7 Å². The highest BCUT2D eigenvalue weighted by Crippen LogP contribution is 2.73. The maximum Gasteiger partial charge on any atom is 0.322 e. The van der Waals surface area contributed by atoms with Gasteiger partial charge in [0, 0.05) is 17.3 Å². The lowest BCUT2D eigenvalue weighted by Crippen LogP contribution is -2.72. The molecule has 19 heavy (non-hydrogen) atoms. The molecule has 3 fully saturated rings. The van der Waals surface area contributed by atoms with Gasteiger partial charge in [-0.15, -0.1) is 0 Å². The molecule has 0 spiro atoms. The summed E-state index contributed by atoms with van der Waals surface area (Å²) < 4.78 is 11.2. The summed E-state index contributed by atoms with van der Waals surface area (Å²) in [6, 6.07) is 0. The van der Waals surface area contributed by atoms with E-state index in [4.69, 9.17) is 9.47 Å². The number of allylic oxidation sites excluding steroid dienone is 1. The number of rotatable bonds is 4. The van der Waals surface area contributed by atoms with Gasteiger partial charge in [-0.1, -0.05) is 43.0 Å². The van der Waals surface area contributed by atoms with E-state index in [0.717, 1.165) is 25.0 Å². The molecule has 0 N–H and O–H groups in total. The molecule has 2 aliphatic carbocycles. The lowest BCUT2D eigenvalue weighted by Gasteiger charge is -2.64. The Kier molecular flexibility index (Phi) is 2.97. The van der Waals surface area contributed by atoms with Gasteiger partial charge in [0.1, 0.15) is 15.6 Å². The monoisotopic (exact) mass is 376 g/mol. The normalized spacial score (nSPS) is 45.4. The van der Waals surface area contributed by atoms with E-state index >= 15 is 0 Å². The van der Waals surface area contributed by atoms with Gasteiger partial charge in [0.15, 0.2) is 0 Å². The Labute approximate surface area is 128 Å². The minimum Gasteiger partial charge on any atom is -0.491 e. The van der Waals surface area contributed by atoms with Crippen molar-refractivity contribution in [3.05, 3.63) is 12.3 Å². The van der Waals surface area contributed by atoms with Gasteiger partial charge in [0.2, 0.25) is 0 Å². The lowest BCUT2D eigenvalue weighted by molar-refractivity contribution is -0.263. The average Bonchev–Trinajstić information content (AvgIpc) is 2.50. The molecule has 1 saturated heterocycles. The molecular weight excluding hydrogens is 355 g/mol. The predicted octanol–water partition coefficient (Wildman–Crippen LogP) is 3.46. The predicted molar refractivity (Wildman–Crippen MR) is 80.9 cm³/mol. The van der Waals surface area contributed by atoms with Crippen LogP contribution in [-0.2, 0) is 14.3 Å². The van der Waals surface area contributed by atoms with E-state index in [1.807, 2.05) is 13.8 Å². The summed E-state index contributed by atoms with van der Waals surface area (Å²) in [7, 11) is 0. The van der Waals surface area contributed by atoms with Crippen LogP contribution in [-0.4, -0.2) is 21.6 Å².